The van der Waals surface area contributed by atoms with Gasteiger partial charge in [0.1, 0.15) is 6.61 Å². The molecule has 2 heterocycles. The van der Waals surface area contributed by atoms with Crippen LogP contribution in [-0.4, -0.2) is 55.8 Å². The summed E-state index contributed by atoms with van der Waals surface area (Å²) in [5, 5.41) is 30.9. The number of anilines is 1. The van der Waals surface area contributed by atoms with Gasteiger partial charge in [-0.1, -0.05) is 66.6 Å². The van der Waals surface area contributed by atoms with Crippen molar-refractivity contribution in [2.45, 2.75) is 68.9 Å². The van der Waals surface area contributed by atoms with Crippen LogP contribution in [0.3, 0.4) is 0 Å². The van der Waals surface area contributed by atoms with E-state index in [0.717, 1.165) is 20.9 Å². The van der Waals surface area contributed by atoms with E-state index in [4.69, 9.17) is 4.74 Å². The molecule has 4 rings (SSSR count). The second-order valence-corrected chi connectivity index (χ2v) is 13.2. The first kappa shape index (κ1) is 27.5. The minimum atomic E-state index is -1.38. The quantitative estimate of drug-likeness (QED) is 0.361. The minimum absolute atomic E-state index is 0.0225. The van der Waals surface area contributed by atoms with E-state index >= 15 is 0 Å². The number of aliphatic hydroxyl groups is 3. The van der Waals surface area contributed by atoms with Crippen LogP contribution < -0.4 is 4.90 Å². The Kier molecular flexibility index (Phi) is 8.25. The van der Waals surface area contributed by atoms with Crippen LogP contribution in [0, 0.1) is 0 Å². The van der Waals surface area contributed by atoms with Gasteiger partial charge in [0.05, 0.1) is 30.5 Å². The first-order valence-electron chi connectivity index (χ1n) is 12.0. The van der Waals surface area contributed by atoms with Crippen LogP contribution in [0.15, 0.2) is 53.4 Å². The number of carbonyl (C=O) groups is 2. The molecule has 2 aliphatic heterocycles. The van der Waals surface area contributed by atoms with Gasteiger partial charge < -0.3 is 25.0 Å². The third kappa shape index (κ3) is 5.99. The van der Waals surface area contributed by atoms with Crippen molar-refractivity contribution >= 4 is 39.3 Å². The Morgan fingerprint density at radius 2 is 1.78 bits per heavy atom. The Bertz CT molecular complexity index is 1190. The fourth-order valence-corrected chi connectivity index (χ4v) is 6.33. The number of carbonyl (C=O) groups excluding carboxylic acids is 2. The van der Waals surface area contributed by atoms with Gasteiger partial charge in [0.2, 0.25) is 0 Å². The highest BCUT2D eigenvalue weighted by Gasteiger charge is 2.46. The Balaban J connectivity index is 1.59. The first-order valence-corrected chi connectivity index (χ1v) is 14.1. The summed E-state index contributed by atoms with van der Waals surface area (Å²) in [6.07, 6.45) is -1.85. The molecule has 3 N–H and O–H groups in total. The number of hydrogen-bond donors (Lipinski definition) is 3. The van der Waals surface area contributed by atoms with Crippen LogP contribution in [0.5, 0.6) is 0 Å². The molecule has 0 aromatic heterocycles. The summed E-state index contributed by atoms with van der Waals surface area (Å²) in [4.78, 5) is 30.4. The van der Waals surface area contributed by atoms with Crippen molar-refractivity contribution in [3.8, 4) is 0 Å². The lowest BCUT2D eigenvalue weighted by Gasteiger charge is -2.31. The third-order valence-corrected chi connectivity index (χ3v) is 9.56. The molecule has 8 nitrogen and oxygen atoms in total. The van der Waals surface area contributed by atoms with Crippen molar-refractivity contribution in [3.63, 3.8) is 0 Å². The summed E-state index contributed by atoms with van der Waals surface area (Å²) in [5.74, 6) is -0.381. The van der Waals surface area contributed by atoms with Gasteiger partial charge in [0, 0.05) is 16.2 Å². The number of rotatable bonds is 6. The van der Waals surface area contributed by atoms with Gasteiger partial charge in [-0.05, 0) is 47.4 Å². The molecule has 1 unspecified atom stereocenters. The minimum Gasteiger partial charge on any atom is -0.444 e. The molecular formula is C27H32N2O6S2. The van der Waals surface area contributed by atoms with E-state index in [9.17, 15) is 24.9 Å². The summed E-state index contributed by atoms with van der Waals surface area (Å²) in [7, 11) is 3.44. The highest BCUT2D eigenvalue weighted by atomic mass is 33.1. The molecule has 2 amide bonds. The second kappa shape index (κ2) is 11.1. The van der Waals surface area contributed by atoms with E-state index in [1.807, 2.05) is 24.3 Å². The lowest BCUT2D eigenvalue weighted by molar-refractivity contribution is 0.0485. The van der Waals surface area contributed by atoms with E-state index in [-0.39, 0.29) is 41.7 Å². The normalized spacial score (nSPS) is 19.5. The van der Waals surface area contributed by atoms with Gasteiger partial charge in [-0.2, -0.15) is 0 Å². The predicted molar refractivity (Wildman–Crippen MR) is 145 cm³/mol. The molecule has 198 valence electrons. The van der Waals surface area contributed by atoms with Gasteiger partial charge in [0.15, 0.2) is 6.23 Å². The molecule has 2 aliphatic rings. The van der Waals surface area contributed by atoms with E-state index in [1.54, 1.807) is 21.6 Å². The fraction of sp³-hybridized carbons (Fsp3) is 0.407. The van der Waals surface area contributed by atoms with Crippen molar-refractivity contribution < 1.29 is 29.6 Å². The molecule has 0 spiro atoms. The maximum Gasteiger partial charge on any atom is 0.416 e. The standard InChI is InChI=1S/C27H32N2O6S2/c1-16-9-23-25(33)29(22-11-19(14-31)18(13-30)10-21(22)24(32)28(23)12-16)26(34)35-15-17-5-7-20(8-6-17)36-37-27(2,3)4/h5-8,10-11,23,25,30-31,33H,1,9,12-15H2,2-4H3/t23-,25?/m0/s1. The predicted octanol–water partition coefficient (Wildman–Crippen LogP) is 4.46. The van der Waals surface area contributed by atoms with Crippen LogP contribution in [0.2, 0.25) is 0 Å². The molecule has 1 fully saturated rings. The number of amides is 2. The van der Waals surface area contributed by atoms with E-state index in [1.165, 1.54) is 17.0 Å². The third-order valence-electron chi connectivity index (χ3n) is 6.18. The van der Waals surface area contributed by atoms with Gasteiger partial charge in [-0.25, -0.2) is 9.69 Å². The molecule has 0 saturated carbocycles. The van der Waals surface area contributed by atoms with Gasteiger partial charge in [-0.15, -0.1) is 0 Å². The highest BCUT2D eigenvalue weighted by molar-refractivity contribution is 8.77. The maximum atomic E-state index is 13.4. The molecule has 0 bridgehead atoms. The van der Waals surface area contributed by atoms with Crippen LogP contribution in [0.25, 0.3) is 0 Å². The molecule has 2 atom stereocenters. The van der Waals surface area contributed by atoms with Gasteiger partial charge >= 0.3 is 6.09 Å². The summed E-state index contributed by atoms with van der Waals surface area (Å²) < 4.78 is 5.72. The topological polar surface area (TPSA) is 111 Å². The first-order chi connectivity index (χ1) is 17.5. The van der Waals surface area contributed by atoms with Crippen LogP contribution in [-0.2, 0) is 24.6 Å². The van der Waals surface area contributed by atoms with Crippen molar-refractivity contribution in [1.82, 2.24) is 4.90 Å². The zero-order chi connectivity index (χ0) is 26.9. The number of aliphatic hydroxyl groups excluding tert-OH is 3. The fourth-order valence-electron chi connectivity index (χ4n) is 4.36. The number of benzene rings is 2. The summed E-state index contributed by atoms with van der Waals surface area (Å²) in [5.41, 5.74) is 2.55. The molecule has 10 heteroatoms. The van der Waals surface area contributed by atoms with E-state index in [2.05, 4.69) is 27.4 Å². The van der Waals surface area contributed by atoms with Gasteiger partial charge in [0.25, 0.3) is 5.91 Å². The van der Waals surface area contributed by atoms with Crippen LogP contribution in [0.1, 0.15) is 54.2 Å². The van der Waals surface area contributed by atoms with Crippen molar-refractivity contribution in [2.75, 3.05) is 11.4 Å². The number of ether oxygens (including phenoxy) is 1. The average molecular weight is 545 g/mol. The number of hydrogen-bond acceptors (Lipinski definition) is 8. The summed E-state index contributed by atoms with van der Waals surface area (Å²) in [6, 6.07) is 9.93. The van der Waals surface area contributed by atoms with Gasteiger partial charge in [-0.3, -0.25) is 4.79 Å². The monoisotopic (exact) mass is 544 g/mol. The Morgan fingerprint density at radius 3 is 2.41 bits per heavy atom. The number of nitrogens with zero attached hydrogens (tertiary/aromatic N) is 2. The zero-order valence-corrected chi connectivity index (χ0v) is 22.8. The Hall–Kier alpha value is -2.50. The highest BCUT2D eigenvalue weighted by Crippen LogP contribution is 2.40. The molecular weight excluding hydrogens is 512 g/mol. The SMILES string of the molecule is C=C1C[C@H]2C(O)N(C(=O)OCc3ccc(SSC(C)(C)C)cc3)c3cc(CO)c(CO)cc3C(=O)N2C1. The molecule has 2 aromatic carbocycles. The number of fused-ring (bicyclic) bond motifs is 2. The Morgan fingerprint density at radius 1 is 1.14 bits per heavy atom. The van der Waals surface area contributed by atoms with Crippen molar-refractivity contribution in [1.29, 1.82) is 0 Å². The molecule has 0 aliphatic carbocycles. The molecule has 2 aromatic rings. The Labute approximate surface area is 224 Å². The smallest absolute Gasteiger partial charge is 0.416 e. The molecule has 0 radical (unpaired) electrons. The lowest BCUT2D eigenvalue weighted by Crippen LogP contribution is -2.50. The summed E-state index contributed by atoms with van der Waals surface area (Å²) in [6.45, 7) is 9.85. The zero-order valence-electron chi connectivity index (χ0n) is 21.1. The second-order valence-electron chi connectivity index (χ2n) is 10.2. The van der Waals surface area contributed by atoms with Crippen LogP contribution in [0.4, 0.5) is 10.5 Å². The molecule has 37 heavy (non-hydrogen) atoms. The van der Waals surface area contributed by atoms with E-state index < -0.39 is 25.0 Å². The van der Waals surface area contributed by atoms with Crippen molar-refractivity contribution in [2.24, 2.45) is 0 Å². The van der Waals surface area contributed by atoms with E-state index in [0.29, 0.717) is 17.5 Å². The van der Waals surface area contributed by atoms with Crippen molar-refractivity contribution in [3.05, 3.63) is 70.8 Å². The average Bonchev–Trinajstić information content (AvgIpc) is 3.24. The summed E-state index contributed by atoms with van der Waals surface area (Å²) >= 11 is 0. The lowest BCUT2D eigenvalue weighted by atomic mass is 10.0. The maximum absolute atomic E-state index is 13.4. The van der Waals surface area contributed by atoms with Crippen LogP contribution >= 0.6 is 21.6 Å². The molecule has 1 saturated heterocycles. The largest absolute Gasteiger partial charge is 0.444 e.